The number of carbonyl (C=O) groups is 2. The number of nitrogens with one attached hydrogen (secondary N) is 3. The maximum atomic E-state index is 12.9. The summed E-state index contributed by atoms with van der Waals surface area (Å²) in [5.74, 6) is 0.0739. The van der Waals surface area contributed by atoms with E-state index in [1.807, 2.05) is 49.1 Å². The van der Waals surface area contributed by atoms with E-state index < -0.39 is 0 Å². The Hall–Kier alpha value is -2.77. The number of rotatable bonds is 4. The molecule has 0 aliphatic carbocycles. The van der Waals surface area contributed by atoms with Crippen molar-refractivity contribution in [2.45, 2.75) is 45.2 Å². The summed E-state index contributed by atoms with van der Waals surface area (Å²) in [7, 11) is 0. The van der Waals surface area contributed by atoms with Crippen molar-refractivity contribution >= 4 is 17.5 Å². The number of amides is 2. The lowest BCUT2D eigenvalue weighted by Crippen LogP contribution is -2.49. The van der Waals surface area contributed by atoms with Gasteiger partial charge in [0.2, 0.25) is 11.8 Å². The third-order valence-electron chi connectivity index (χ3n) is 6.06. The molecule has 2 saturated heterocycles. The summed E-state index contributed by atoms with van der Waals surface area (Å²) in [6, 6.07) is 11.6. The van der Waals surface area contributed by atoms with Crippen molar-refractivity contribution in [1.82, 2.24) is 20.7 Å². The number of pyridine rings is 1. The smallest absolute Gasteiger partial charge is 0.241 e. The summed E-state index contributed by atoms with van der Waals surface area (Å²) < 4.78 is 0. The van der Waals surface area contributed by atoms with E-state index in [1.54, 1.807) is 6.20 Å². The molecule has 3 heterocycles. The molecule has 4 rings (SSSR count). The predicted octanol–water partition coefficient (Wildman–Crippen LogP) is 2.48. The van der Waals surface area contributed by atoms with E-state index in [0.717, 1.165) is 16.9 Å². The van der Waals surface area contributed by atoms with Crippen LogP contribution in [0.4, 0.5) is 5.69 Å². The summed E-state index contributed by atoms with van der Waals surface area (Å²) >= 11 is 0. The van der Waals surface area contributed by atoms with Gasteiger partial charge in [0.05, 0.1) is 11.7 Å². The molecule has 0 spiro atoms. The quantitative estimate of drug-likeness (QED) is 0.725. The van der Waals surface area contributed by atoms with E-state index in [1.165, 1.54) is 5.56 Å². The first kappa shape index (κ1) is 20.5. The number of aromatic nitrogens is 1. The fraction of sp³-hybridized carbons (Fsp3) is 0.435. The van der Waals surface area contributed by atoms with Gasteiger partial charge in [0.25, 0.3) is 0 Å². The summed E-state index contributed by atoms with van der Waals surface area (Å²) in [5.41, 5.74) is 10.3. The number of benzene rings is 1. The average Bonchev–Trinajstić information content (AvgIpc) is 3.26. The van der Waals surface area contributed by atoms with E-state index in [0.29, 0.717) is 32.4 Å². The zero-order chi connectivity index (χ0) is 21.1. The molecular formula is C23H29N5O2. The lowest BCUT2D eigenvalue weighted by molar-refractivity contribution is -0.136. The maximum absolute atomic E-state index is 12.9. The van der Waals surface area contributed by atoms with Gasteiger partial charge >= 0.3 is 0 Å². The van der Waals surface area contributed by atoms with Gasteiger partial charge in [-0.15, -0.1) is 0 Å². The molecule has 2 unspecified atom stereocenters. The SMILES string of the molecule is Cc1ccc(NC(=O)C2CCN(C(=O)C3CC(c4ccccn4)NN3)CC2)c(C)c1. The zero-order valence-corrected chi connectivity index (χ0v) is 17.5. The van der Waals surface area contributed by atoms with Crippen LogP contribution in [0.15, 0.2) is 42.6 Å². The monoisotopic (exact) mass is 407 g/mol. The van der Waals surface area contributed by atoms with Crippen LogP contribution in [-0.4, -0.2) is 40.8 Å². The lowest BCUT2D eigenvalue weighted by atomic mass is 9.94. The molecule has 2 fully saturated rings. The van der Waals surface area contributed by atoms with Crippen LogP contribution < -0.4 is 16.2 Å². The van der Waals surface area contributed by atoms with Crippen molar-refractivity contribution in [1.29, 1.82) is 0 Å². The topological polar surface area (TPSA) is 86.4 Å². The Balaban J connectivity index is 1.28. The number of nitrogens with zero attached hydrogens (tertiary/aromatic N) is 2. The van der Waals surface area contributed by atoms with E-state index in [-0.39, 0.29) is 29.8 Å². The van der Waals surface area contributed by atoms with Gasteiger partial charge in [-0.1, -0.05) is 23.8 Å². The molecule has 0 bridgehead atoms. The number of hydrogen-bond acceptors (Lipinski definition) is 5. The summed E-state index contributed by atoms with van der Waals surface area (Å²) in [6.45, 7) is 5.26. The Kier molecular flexibility index (Phi) is 6.11. The number of anilines is 1. The summed E-state index contributed by atoms with van der Waals surface area (Å²) in [6.07, 6.45) is 3.81. The van der Waals surface area contributed by atoms with Crippen LogP contribution in [0, 0.1) is 19.8 Å². The molecule has 2 aliphatic rings. The lowest BCUT2D eigenvalue weighted by Gasteiger charge is -2.33. The average molecular weight is 408 g/mol. The zero-order valence-electron chi connectivity index (χ0n) is 17.5. The third-order valence-corrected chi connectivity index (χ3v) is 6.06. The molecule has 0 saturated carbocycles. The standard InChI is InChI=1S/C23H29N5O2/c1-15-6-7-18(16(2)13-15)25-22(29)17-8-11-28(12-9-17)23(30)21-14-20(26-27-21)19-5-3-4-10-24-19/h3-7,10,13,17,20-21,26-27H,8-9,11-12,14H2,1-2H3,(H,25,29). The van der Waals surface area contributed by atoms with Crippen molar-refractivity contribution in [3.8, 4) is 0 Å². The van der Waals surface area contributed by atoms with Gasteiger partial charge in [0.1, 0.15) is 6.04 Å². The van der Waals surface area contributed by atoms with Gasteiger partial charge in [-0.2, -0.15) is 0 Å². The molecule has 2 atom stereocenters. The number of carbonyl (C=O) groups excluding carboxylic acids is 2. The minimum Gasteiger partial charge on any atom is -0.341 e. The second-order valence-corrected chi connectivity index (χ2v) is 8.29. The van der Waals surface area contributed by atoms with Crippen LogP contribution in [0.3, 0.4) is 0 Å². The number of aryl methyl sites for hydroxylation is 2. The second kappa shape index (κ2) is 8.93. The van der Waals surface area contributed by atoms with E-state index in [4.69, 9.17) is 0 Å². The third kappa shape index (κ3) is 4.52. The molecule has 1 aromatic carbocycles. The molecule has 2 aromatic rings. The fourth-order valence-corrected chi connectivity index (χ4v) is 4.27. The van der Waals surface area contributed by atoms with Gasteiger partial charge in [0, 0.05) is 30.9 Å². The summed E-state index contributed by atoms with van der Waals surface area (Å²) in [4.78, 5) is 31.9. The van der Waals surface area contributed by atoms with Crippen LogP contribution in [0.5, 0.6) is 0 Å². The Bertz CT molecular complexity index is 909. The maximum Gasteiger partial charge on any atom is 0.241 e. The molecule has 1 aromatic heterocycles. The minimum atomic E-state index is -0.266. The number of likely N-dealkylation sites (tertiary alicyclic amines) is 1. The molecule has 7 heteroatoms. The van der Waals surface area contributed by atoms with E-state index in [9.17, 15) is 9.59 Å². The number of hydrogen-bond donors (Lipinski definition) is 3. The van der Waals surface area contributed by atoms with E-state index >= 15 is 0 Å². The predicted molar refractivity (Wildman–Crippen MR) is 116 cm³/mol. The van der Waals surface area contributed by atoms with Crippen molar-refractivity contribution in [3.63, 3.8) is 0 Å². The van der Waals surface area contributed by atoms with Crippen LogP contribution in [0.2, 0.25) is 0 Å². The van der Waals surface area contributed by atoms with Crippen LogP contribution >= 0.6 is 0 Å². The van der Waals surface area contributed by atoms with E-state index in [2.05, 4.69) is 27.2 Å². The van der Waals surface area contributed by atoms with Crippen molar-refractivity contribution < 1.29 is 9.59 Å². The minimum absolute atomic E-state index is 0.0289. The van der Waals surface area contributed by atoms with Crippen molar-refractivity contribution in [2.75, 3.05) is 18.4 Å². The molecular weight excluding hydrogens is 378 g/mol. The number of piperidine rings is 1. The van der Waals surface area contributed by atoms with Crippen LogP contribution in [0.1, 0.15) is 42.1 Å². The molecule has 0 radical (unpaired) electrons. The Morgan fingerprint density at radius 2 is 1.90 bits per heavy atom. The first-order valence-corrected chi connectivity index (χ1v) is 10.6. The fourth-order valence-electron chi connectivity index (χ4n) is 4.27. The first-order valence-electron chi connectivity index (χ1n) is 10.6. The molecule has 2 aliphatic heterocycles. The molecule has 158 valence electrons. The molecule has 7 nitrogen and oxygen atoms in total. The Morgan fingerprint density at radius 1 is 1.10 bits per heavy atom. The highest BCUT2D eigenvalue weighted by molar-refractivity contribution is 5.93. The van der Waals surface area contributed by atoms with Gasteiger partial charge in [-0.25, -0.2) is 10.9 Å². The van der Waals surface area contributed by atoms with Gasteiger partial charge in [-0.3, -0.25) is 14.6 Å². The second-order valence-electron chi connectivity index (χ2n) is 8.29. The Labute approximate surface area is 177 Å². The molecule has 30 heavy (non-hydrogen) atoms. The van der Waals surface area contributed by atoms with Gasteiger partial charge in [0.15, 0.2) is 0 Å². The van der Waals surface area contributed by atoms with Crippen LogP contribution in [0.25, 0.3) is 0 Å². The van der Waals surface area contributed by atoms with Crippen molar-refractivity contribution in [3.05, 3.63) is 59.4 Å². The first-order chi connectivity index (χ1) is 14.5. The summed E-state index contributed by atoms with van der Waals surface area (Å²) in [5, 5.41) is 3.06. The number of hydrazine groups is 1. The van der Waals surface area contributed by atoms with Crippen molar-refractivity contribution in [2.24, 2.45) is 5.92 Å². The highest BCUT2D eigenvalue weighted by atomic mass is 16.2. The highest BCUT2D eigenvalue weighted by Crippen LogP contribution is 2.25. The van der Waals surface area contributed by atoms with Gasteiger partial charge < -0.3 is 10.2 Å². The molecule has 3 N–H and O–H groups in total. The van der Waals surface area contributed by atoms with Crippen LogP contribution in [-0.2, 0) is 9.59 Å². The highest BCUT2D eigenvalue weighted by Gasteiger charge is 2.35. The largest absolute Gasteiger partial charge is 0.341 e. The Morgan fingerprint density at radius 3 is 2.60 bits per heavy atom. The molecule has 2 amide bonds. The van der Waals surface area contributed by atoms with Gasteiger partial charge in [-0.05, 0) is 56.9 Å². The normalized spacial score (nSPS) is 22.1.